The maximum absolute atomic E-state index is 13.6. The van der Waals surface area contributed by atoms with Gasteiger partial charge in [0.25, 0.3) is 0 Å². The molecule has 0 N–H and O–H groups in total. The summed E-state index contributed by atoms with van der Waals surface area (Å²) in [6, 6.07) is 18.2. The SMILES string of the molecule is CCc1oc2ccccc2c1C(=O)c1cc(Br)c(OC(=O)c2sc(-c3ccc(OCC(C)C)c(C#N)c3)nc2C)c(Br)c1. The summed E-state index contributed by atoms with van der Waals surface area (Å²) in [4.78, 5) is 31.8. The van der Waals surface area contributed by atoms with Crippen LogP contribution in [0.1, 0.15) is 63.4 Å². The van der Waals surface area contributed by atoms with Crippen molar-refractivity contribution in [3.63, 3.8) is 0 Å². The number of nitrogens with zero attached hydrogens (tertiary/aromatic N) is 2. The molecule has 2 aromatic heterocycles. The number of hydrogen-bond donors (Lipinski definition) is 0. The Bertz CT molecular complexity index is 1900. The second-order valence-corrected chi connectivity index (χ2v) is 12.9. The van der Waals surface area contributed by atoms with Gasteiger partial charge in [-0.3, -0.25) is 4.79 Å². The number of esters is 1. The van der Waals surface area contributed by atoms with Crippen LogP contribution < -0.4 is 9.47 Å². The van der Waals surface area contributed by atoms with Gasteiger partial charge in [0.2, 0.25) is 0 Å². The molecule has 0 atom stereocenters. The zero-order valence-electron chi connectivity index (χ0n) is 23.8. The number of benzene rings is 3. The molecule has 0 amide bonds. The first-order valence-corrected chi connectivity index (χ1v) is 15.9. The van der Waals surface area contributed by atoms with E-state index in [-0.39, 0.29) is 11.5 Å². The van der Waals surface area contributed by atoms with Gasteiger partial charge in [-0.1, -0.05) is 39.0 Å². The third-order valence-electron chi connectivity index (χ3n) is 6.57. The first-order chi connectivity index (χ1) is 20.6. The maximum Gasteiger partial charge on any atom is 0.355 e. The van der Waals surface area contributed by atoms with Crippen molar-refractivity contribution < 1.29 is 23.5 Å². The van der Waals surface area contributed by atoms with Crippen LogP contribution in [0, 0.1) is 24.2 Å². The summed E-state index contributed by atoms with van der Waals surface area (Å²) in [6.07, 6.45) is 0.567. The van der Waals surface area contributed by atoms with E-state index >= 15 is 0 Å². The quantitative estimate of drug-likeness (QED) is 0.0849. The first-order valence-electron chi connectivity index (χ1n) is 13.5. The van der Waals surface area contributed by atoms with Crippen molar-refractivity contribution in [2.75, 3.05) is 6.61 Å². The lowest BCUT2D eigenvalue weighted by molar-refractivity contribution is 0.0736. The summed E-state index contributed by atoms with van der Waals surface area (Å²) in [5.41, 5.74) is 3.18. The smallest absolute Gasteiger partial charge is 0.355 e. The second-order valence-electron chi connectivity index (χ2n) is 10.2. The van der Waals surface area contributed by atoms with E-state index in [0.717, 1.165) is 5.39 Å². The first kappa shape index (κ1) is 30.7. The van der Waals surface area contributed by atoms with E-state index in [1.165, 1.54) is 11.3 Å². The Morgan fingerprint density at radius 3 is 2.49 bits per heavy atom. The molecule has 2 heterocycles. The molecule has 0 saturated carbocycles. The molecule has 0 aliphatic rings. The molecule has 0 bridgehead atoms. The number of carbonyl (C=O) groups is 2. The molecule has 43 heavy (non-hydrogen) atoms. The number of fused-ring (bicyclic) bond motifs is 1. The predicted molar refractivity (Wildman–Crippen MR) is 173 cm³/mol. The number of carbonyl (C=O) groups excluding carboxylic acids is 2. The molecule has 218 valence electrons. The monoisotopic (exact) mass is 720 g/mol. The van der Waals surface area contributed by atoms with Crippen molar-refractivity contribution in [2.24, 2.45) is 5.92 Å². The van der Waals surface area contributed by atoms with Gasteiger partial charge in [0.15, 0.2) is 11.5 Å². The Kier molecular flexibility index (Phi) is 9.16. The van der Waals surface area contributed by atoms with Crippen LogP contribution in [0.15, 0.2) is 68.0 Å². The molecule has 0 aliphatic heterocycles. The molecule has 5 rings (SSSR count). The molecule has 0 spiro atoms. The van der Waals surface area contributed by atoms with Crippen LogP contribution >= 0.6 is 43.2 Å². The van der Waals surface area contributed by atoms with Crippen molar-refractivity contribution in [3.8, 4) is 28.1 Å². The largest absolute Gasteiger partial charge is 0.492 e. The molecular formula is C33H26Br2N2O5S. The lowest BCUT2D eigenvalue weighted by Gasteiger charge is -2.11. The fourth-order valence-electron chi connectivity index (χ4n) is 4.51. The Morgan fingerprint density at radius 2 is 1.81 bits per heavy atom. The number of furan rings is 1. The van der Waals surface area contributed by atoms with Gasteiger partial charge in [0.1, 0.15) is 33.0 Å². The summed E-state index contributed by atoms with van der Waals surface area (Å²) in [6.45, 7) is 8.25. The molecule has 0 aliphatic carbocycles. The van der Waals surface area contributed by atoms with Crippen molar-refractivity contribution in [3.05, 3.63) is 96.6 Å². The number of ether oxygens (including phenoxy) is 2. The van der Waals surface area contributed by atoms with Crippen LogP contribution in [0.4, 0.5) is 0 Å². The minimum atomic E-state index is -0.590. The second kappa shape index (κ2) is 12.8. The van der Waals surface area contributed by atoms with Gasteiger partial charge in [0.05, 0.1) is 32.4 Å². The number of aromatic nitrogens is 1. The number of nitriles is 1. The molecule has 0 saturated heterocycles. The Labute approximate surface area is 269 Å². The van der Waals surface area contributed by atoms with Gasteiger partial charge in [-0.15, -0.1) is 11.3 Å². The van der Waals surface area contributed by atoms with Crippen molar-refractivity contribution in [1.82, 2.24) is 4.98 Å². The minimum absolute atomic E-state index is 0.193. The van der Waals surface area contributed by atoms with E-state index in [0.29, 0.717) is 82.8 Å². The summed E-state index contributed by atoms with van der Waals surface area (Å²) in [5, 5.41) is 11.0. The standard InChI is InChI=1S/C33H26Br2N2O5S/c1-5-25-28(22-8-6-7-9-27(22)41-25)29(38)20-13-23(34)30(24(35)14-20)42-33(39)31-18(4)37-32(43-31)19-10-11-26(21(12-19)15-36)40-16-17(2)3/h6-14,17H,5,16H2,1-4H3. The van der Waals surface area contributed by atoms with Gasteiger partial charge in [0, 0.05) is 22.9 Å². The highest BCUT2D eigenvalue weighted by atomic mass is 79.9. The van der Waals surface area contributed by atoms with Crippen LogP contribution in [0.3, 0.4) is 0 Å². The van der Waals surface area contributed by atoms with Gasteiger partial charge < -0.3 is 13.9 Å². The van der Waals surface area contributed by atoms with Crippen LogP contribution in [0.2, 0.25) is 0 Å². The third kappa shape index (κ3) is 6.30. The summed E-state index contributed by atoms with van der Waals surface area (Å²) < 4.78 is 18.3. The summed E-state index contributed by atoms with van der Waals surface area (Å²) in [7, 11) is 0. The third-order valence-corrected chi connectivity index (χ3v) is 8.94. The van der Waals surface area contributed by atoms with Crippen LogP contribution in [-0.2, 0) is 6.42 Å². The number of halogens is 2. The van der Waals surface area contributed by atoms with Crippen molar-refractivity contribution in [1.29, 1.82) is 5.26 Å². The minimum Gasteiger partial charge on any atom is -0.492 e. The van der Waals surface area contributed by atoms with Crippen molar-refractivity contribution in [2.45, 2.75) is 34.1 Å². The number of thiazole rings is 1. The lowest BCUT2D eigenvalue weighted by Crippen LogP contribution is -2.10. The molecular weight excluding hydrogens is 696 g/mol. The number of rotatable bonds is 9. The van der Waals surface area contributed by atoms with E-state index in [1.807, 2.05) is 51.1 Å². The average molecular weight is 722 g/mol. The summed E-state index contributed by atoms with van der Waals surface area (Å²) in [5.74, 6) is 0.905. The number of aryl methyl sites for hydroxylation is 2. The van der Waals surface area contributed by atoms with E-state index in [2.05, 4.69) is 42.9 Å². The Balaban J connectivity index is 1.39. The molecule has 0 radical (unpaired) electrons. The van der Waals surface area contributed by atoms with Crippen LogP contribution in [-0.4, -0.2) is 23.3 Å². The van der Waals surface area contributed by atoms with Crippen molar-refractivity contribution >= 4 is 65.9 Å². The van der Waals surface area contributed by atoms with Gasteiger partial charge >= 0.3 is 5.97 Å². The normalized spacial score (nSPS) is 11.1. The highest BCUT2D eigenvalue weighted by Gasteiger charge is 2.25. The van der Waals surface area contributed by atoms with Gasteiger partial charge in [-0.25, -0.2) is 9.78 Å². The number of ketones is 1. The maximum atomic E-state index is 13.6. The molecule has 7 nitrogen and oxygen atoms in total. The average Bonchev–Trinajstić information content (AvgIpc) is 3.57. The number of para-hydroxylation sites is 1. The predicted octanol–water partition coefficient (Wildman–Crippen LogP) is 9.31. The van der Waals surface area contributed by atoms with E-state index in [9.17, 15) is 14.9 Å². The topological polar surface area (TPSA) is 102 Å². The van der Waals surface area contributed by atoms with E-state index < -0.39 is 5.97 Å². The highest BCUT2D eigenvalue weighted by molar-refractivity contribution is 9.11. The molecule has 10 heteroatoms. The molecule has 5 aromatic rings. The van der Waals surface area contributed by atoms with Crippen LogP contribution in [0.25, 0.3) is 21.5 Å². The Hall–Kier alpha value is -3.78. The molecule has 3 aromatic carbocycles. The fourth-order valence-corrected chi connectivity index (χ4v) is 6.80. The van der Waals surface area contributed by atoms with Crippen LogP contribution in [0.5, 0.6) is 11.5 Å². The Morgan fingerprint density at radius 1 is 1.09 bits per heavy atom. The molecule has 0 unspecified atom stereocenters. The molecule has 0 fully saturated rings. The van der Waals surface area contributed by atoms with Gasteiger partial charge in [-0.2, -0.15) is 5.26 Å². The lowest BCUT2D eigenvalue weighted by atomic mass is 9.99. The van der Waals surface area contributed by atoms with Gasteiger partial charge in [-0.05, 0) is 81.1 Å². The zero-order valence-corrected chi connectivity index (χ0v) is 27.8. The zero-order chi connectivity index (χ0) is 30.8. The number of hydrogen-bond acceptors (Lipinski definition) is 8. The fraction of sp³-hybridized carbons (Fsp3) is 0.212. The summed E-state index contributed by atoms with van der Waals surface area (Å²) >= 11 is 8.14. The van der Waals surface area contributed by atoms with E-state index in [1.54, 1.807) is 31.2 Å². The highest BCUT2D eigenvalue weighted by Crippen LogP contribution is 2.38. The van der Waals surface area contributed by atoms with E-state index in [4.69, 9.17) is 13.9 Å².